The van der Waals surface area contributed by atoms with Gasteiger partial charge < -0.3 is 15.3 Å². The predicted octanol–water partition coefficient (Wildman–Crippen LogP) is 1.31. The summed E-state index contributed by atoms with van der Waals surface area (Å²) in [5.74, 6) is -0.347. The zero-order chi connectivity index (χ0) is 15.9. The van der Waals surface area contributed by atoms with Crippen molar-refractivity contribution in [1.29, 1.82) is 0 Å². The van der Waals surface area contributed by atoms with E-state index in [4.69, 9.17) is 0 Å². The summed E-state index contributed by atoms with van der Waals surface area (Å²) in [6.07, 6.45) is 1.13. The molecule has 2 N–H and O–H groups in total. The topological polar surface area (TPSA) is 69.6 Å². The van der Waals surface area contributed by atoms with Crippen LogP contribution >= 0.6 is 0 Å². The van der Waals surface area contributed by atoms with Gasteiger partial charge in [-0.2, -0.15) is 0 Å². The quantitative estimate of drug-likeness (QED) is 0.798. The van der Waals surface area contributed by atoms with Crippen molar-refractivity contribution in [3.05, 3.63) is 35.9 Å². The minimum Gasteiger partial charge on any atom is -0.393 e. The summed E-state index contributed by atoms with van der Waals surface area (Å²) in [7, 11) is 0. The number of nitrogens with one attached hydrogen (secondary N) is 1. The maximum atomic E-state index is 12.1. The van der Waals surface area contributed by atoms with E-state index in [0.717, 1.165) is 5.56 Å². The molecule has 1 aliphatic heterocycles. The van der Waals surface area contributed by atoms with E-state index in [0.29, 0.717) is 32.5 Å². The number of amides is 2. The van der Waals surface area contributed by atoms with Crippen molar-refractivity contribution in [3.63, 3.8) is 0 Å². The Kier molecular flexibility index (Phi) is 5.95. The fourth-order valence-electron chi connectivity index (χ4n) is 2.61. The number of hydrogen-bond donors (Lipinski definition) is 2. The van der Waals surface area contributed by atoms with E-state index >= 15 is 0 Å². The Hall–Kier alpha value is -1.88. The summed E-state index contributed by atoms with van der Waals surface area (Å²) in [5.41, 5.74) is 1.07. The summed E-state index contributed by atoms with van der Waals surface area (Å²) in [5, 5.41) is 12.3. The van der Waals surface area contributed by atoms with Gasteiger partial charge in [0.1, 0.15) is 0 Å². The fourth-order valence-corrected chi connectivity index (χ4v) is 2.61. The van der Waals surface area contributed by atoms with Crippen LogP contribution < -0.4 is 5.32 Å². The van der Waals surface area contributed by atoms with Gasteiger partial charge in [-0.25, -0.2) is 0 Å². The molecule has 1 fully saturated rings. The van der Waals surface area contributed by atoms with Crippen LogP contribution in [0.1, 0.15) is 31.7 Å². The maximum Gasteiger partial charge on any atom is 0.225 e. The van der Waals surface area contributed by atoms with E-state index in [1.54, 1.807) is 4.90 Å². The van der Waals surface area contributed by atoms with Crippen molar-refractivity contribution in [2.75, 3.05) is 13.1 Å². The molecule has 2 atom stereocenters. The summed E-state index contributed by atoms with van der Waals surface area (Å²) in [4.78, 5) is 25.9. The molecule has 0 spiro atoms. The Morgan fingerprint density at radius 1 is 1.41 bits per heavy atom. The highest BCUT2D eigenvalue weighted by molar-refractivity contribution is 5.89. The van der Waals surface area contributed by atoms with Crippen LogP contribution in [-0.4, -0.2) is 41.0 Å². The lowest BCUT2D eigenvalue weighted by molar-refractivity contribution is -0.129. The first-order valence-electron chi connectivity index (χ1n) is 7.87. The number of carbonyl (C=O) groups excluding carboxylic acids is 2. The summed E-state index contributed by atoms with van der Waals surface area (Å²) >= 11 is 0. The van der Waals surface area contributed by atoms with E-state index in [2.05, 4.69) is 5.32 Å². The third-order valence-corrected chi connectivity index (χ3v) is 4.05. The van der Waals surface area contributed by atoms with Gasteiger partial charge in [-0.15, -0.1) is 0 Å². The van der Waals surface area contributed by atoms with Gasteiger partial charge in [0.25, 0.3) is 0 Å². The van der Waals surface area contributed by atoms with Crippen LogP contribution in [0.4, 0.5) is 0 Å². The number of aliphatic hydroxyl groups excluding tert-OH is 1. The van der Waals surface area contributed by atoms with Crippen LogP contribution in [-0.2, 0) is 16.1 Å². The van der Waals surface area contributed by atoms with Gasteiger partial charge in [0.2, 0.25) is 11.8 Å². The molecular formula is C17H24N2O3. The van der Waals surface area contributed by atoms with E-state index < -0.39 is 0 Å². The van der Waals surface area contributed by atoms with Crippen molar-refractivity contribution < 1.29 is 14.7 Å². The number of rotatable bonds is 7. The number of nitrogens with zero attached hydrogens (tertiary/aromatic N) is 1. The second-order valence-corrected chi connectivity index (χ2v) is 5.80. The van der Waals surface area contributed by atoms with Crippen LogP contribution in [0.3, 0.4) is 0 Å². The molecule has 5 heteroatoms. The number of aliphatic hydroxyl groups is 1. The van der Waals surface area contributed by atoms with Crippen molar-refractivity contribution in [1.82, 2.24) is 10.2 Å². The fraction of sp³-hybridized carbons (Fsp3) is 0.529. The second kappa shape index (κ2) is 7.94. The lowest BCUT2D eigenvalue weighted by Gasteiger charge is -2.17. The molecule has 1 heterocycles. The lowest BCUT2D eigenvalue weighted by atomic mass is 10.1. The molecule has 1 aromatic rings. The first kappa shape index (κ1) is 16.5. The van der Waals surface area contributed by atoms with Gasteiger partial charge in [-0.3, -0.25) is 9.59 Å². The summed E-state index contributed by atoms with van der Waals surface area (Å²) < 4.78 is 0. The van der Waals surface area contributed by atoms with E-state index in [9.17, 15) is 14.7 Å². The molecular weight excluding hydrogens is 280 g/mol. The molecule has 2 unspecified atom stereocenters. The summed E-state index contributed by atoms with van der Waals surface area (Å²) in [6.45, 7) is 3.38. The third kappa shape index (κ3) is 4.56. The van der Waals surface area contributed by atoms with Crippen LogP contribution in [0.2, 0.25) is 0 Å². The highest BCUT2D eigenvalue weighted by Crippen LogP contribution is 2.20. The first-order valence-corrected chi connectivity index (χ1v) is 7.87. The Morgan fingerprint density at radius 3 is 2.82 bits per heavy atom. The number of benzene rings is 1. The highest BCUT2D eigenvalue weighted by atomic mass is 16.3. The van der Waals surface area contributed by atoms with Crippen LogP contribution in [0, 0.1) is 5.92 Å². The van der Waals surface area contributed by atoms with Gasteiger partial charge >= 0.3 is 0 Å². The summed E-state index contributed by atoms with van der Waals surface area (Å²) in [6, 6.07) is 9.79. The van der Waals surface area contributed by atoms with Crippen LogP contribution in [0.5, 0.6) is 0 Å². The monoisotopic (exact) mass is 304 g/mol. The lowest BCUT2D eigenvalue weighted by Crippen LogP contribution is -2.34. The van der Waals surface area contributed by atoms with Crippen molar-refractivity contribution in [3.8, 4) is 0 Å². The molecule has 2 rings (SSSR count). The molecule has 1 aromatic carbocycles. The van der Waals surface area contributed by atoms with Crippen LogP contribution in [0.15, 0.2) is 30.3 Å². The number of likely N-dealkylation sites (tertiary alicyclic amines) is 1. The minimum absolute atomic E-state index is 0.0256. The van der Waals surface area contributed by atoms with Gasteiger partial charge in [-0.1, -0.05) is 37.3 Å². The zero-order valence-corrected chi connectivity index (χ0v) is 13.0. The number of carbonyl (C=O) groups is 2. The van der Waals surface area contributed by atoms with Gasteiger partial charge in [0.15, 0.2) is 0 Å². The molecule has 0 saturated carbocycles. The second-order valence-electron chi connectivity index (χ2n) is 5.80. The molecule has 22 heavy (non-hydrogen) atoms. The maximum absolute atomic E-state index is 12.1. The van der Waals surface area contributed by atoms with Crippen LogP contribution in [0.25, 0.3) is 0 Å². The van der Waals surface area contributed by atoms with Crippen molar-refractivity contribution in [2.45, 2.75) is 38.8 Å². The average molecular weight is 304 g/mol. The van der Waals surface area contributed by atoms with E-state index in [-0.39, 0.29) is 30.3 Å². The minimum atomic E-state index is -0.375. The molecule has 120 valence electrons. The Morgan fingerprint density at radius 2 is 2.14 bits per heavy atom. The van der Waals surface area contributed by atoms with Crippen molar-refractivity contribution >= 4 is 11.8 Å². The largest absolute Gasteiger partial charge is 0.393 e. The molecule has 5 nitrogen and oxygen atoms in total. The highest BCUT2D eigenvalue weighted by Gasteiger charge is 2.33. The Labute approximate surface area is 131 Å². The van der Waals surface area contributed by atoms with E-state index in [1.807, 2.05) is 37.3 Å². The number of hydrogen-bond acceptors (Lipinski definition) is 3. The normalized spacial score (nSPS) is 19.3. The molecule has 1 aliphatic rings. The molecule has 0 radical (unpaired) electrons. The SMILES string of the molecule is CCC(O)CCNC(=O)C1CC(=O)N(Cc2ccccc2)C1. The molecule has 1 saturated heterocycles. The molecule has 0 aromatic heterocycles. The average Bonchev–Trinajstić information content (AvgIpc) is 2.89. The molecule has 2 amide bonds. The smallest absolute Gasteiger partial charge is 0.225 e. The van der Waals surface area contributed by atoms with Gasteiger partial charge in [0.05, 0.1) is 12.0 Å². The van der Waals surface area contributed by atoms with Gasteiger partial charge in [0, 0.05) is 26.1 Å². The third-order valence-electron chi connectivity index (χ3n) is 4.05. The predicted molar refractivity (Wildman–Crippen MR) is 83.9 cm³/mol. The standard InChI is InChI=1S/C17H24N2O3/c1-2-15(20)8-9-18-17(22)14-10-16(21)19(12-14)11-13-6-4-3-5-7-13/h3-7,14-15,20H,2,8-12H2,1H3,(H,18,22). The van der Waals surface area contributed by atoms with Crippen molar-refractivity contribution in [2.24, 2.45) is 5.92 Å². The Balaban J connectivity index is 1.80. The van der Waals surface area contributed by atoms with Gasteiger partial charge in [-0.05, 0) is 18.4 Å². The van der Waals surface area contributed by atoms with E-state index in [1.165, 1.54) is 0 Å². The first-order chi connectivity index (χ1) is 10.6. The molecule has 0 bridgehead atoms. The zero-order valence-electron chi connectivity index (χ0n) is 13.0. The molecule has 0 aliphatic carbocycles. The Bertz CT molecular complexity index is 504.